The van der Waals surface area contributed by atoms with Gasteiger partial charge in [-0.1, -0.05) is 6.07 Å². The summed E-state index contributed by atoms with van der Waals surface area (Å²) in [6.07, 6.45) is 6.91. The molecule has 0 aliphatic heterocycles. The number of anilines is 1. The van der Waals surface area contributed by atoms with E-state index in [-0.39, 0.29) is 6.03 Å². The van der Waals surface area contributed by atoms with Gasteiger partial charge in [0, 0.05) is 31.3 Å². The molecule has 116 valence electrons. The van der Waals surface area contributed by atoms with Gasteiger partial charge in [0.2, 0.25) is 0 Å². The fourth-order valence-electron chi connectivity index (χ4n) is 2.10. The molecule has 23 heavy (non-hydrogen) atoms. The van der Waals surface area contributed by atoms with Gasteiger partial charge in [-0.05, 0) is 36.8 Å². The second kappa shape index (κ2) is 6.69. The summed E-state index contributed by atoms with van der Waals surface area (Å²) in [5.41, 5.74) is 0.944. The standard InChI is InChI=1S/C16H16N6O/c1-12-17-8-9-22(12)15-10-13(5-7-19-15)11-20-16(23)21-14-4-2-3-6-18-14/h2-10H,11H2,1H3,(H2,18,20,21,23). The second-order valence-electron chi connectivity index (χ2n) is 4.89. The highest BCUT2D eigenvalue weighted by molar-refractivity contribution is 5.88. The first-order chi connectivity index (χ1) is 11.2. The van der Waals surface area contributed by atoms with Crippen LogP contribution in [0.5, 0.6) is 0 Å². The molecule has 0 spiro atoms. The van der Waals surface area contributed by atoms with Crippen molar-refractivity contribution in [2.75, 3.05) is 5.32 Å². The Morgan fingerprint density at radius 2 is 2.04 bits per heavy atom. The van der Waals surface area contributed by atoms with Crippen LogP contribution in [-0.4, -0.2) is 25.6 Å². The molecule has 0 aliphatic carbocycles. The summed E-state index contributed by atoms with van der Waals surface area (Å²) in [4.78, 5) is 24.4. The third-order valence-corrected chi connectivity index (χ3v) is 3.24. The van der Waals surface area contributed by atoms with E-state index in [0.717, 1.165) is 17.2 Å². The molecule has 2 N–H and O–H groups in total. The quantitative estimate of drug-likeness (QED) is 0.774. The van der Waals surface area contributed by atoms with Gasteiger partial charge in [-0.2, -0.15) is 0 Å². The molecule has 0 radical (unpaired) electrons. The van der Waals surface area contributed by atoms with Crippen molar-refractivity contribution in [1.82, 2.24) is 24.8 Å². The molecule has 0 aliphatic rings. The molecule has 0 saturated heterocycles. The van der Waals surface area contributed by atoms with Crippen LogP contribution in [0.15, 0.2) is 55.1 Å². The summed E-state index contributed by atoms with van der Waals surface area (Å²) < 4.78 is 1.89. The largest absolute Gasteiger partial charge is 0.334 e. The number of carbonyl (C=O) groups excluding carboxylic acids is 1. The SMILES string of the molecule is Cc1nccn1-c1cc(CNC(=O)Nc2ccccn2)ccn1. The van der Waals surface area contributed by atoms with Crippen LogP contribution in [0.25, 0.3) is 5.82 Å². The van der Waals surface area contributed by atoms with Crippen molar-refractivity contribution in [1.29, 1.82) is 0 Å². The molecule has 3 aromatic rings. The summed E-state index contributed by atoms with van der Waals surface area (Å²) >= 11 is 0. The van der Waals surface area contributed by atoms with E-state index in [1.54, 1.807) is 30.7 Å². The lowest BCUT2D eigenvalue weighted by Crippen LogP contribution is -2.28. The van der Waals surface area contributed by atoms with Gasteiger partial charge >= 0.3 is 6.03 Å². The zero-order chi connectivity index (χ0) is 16.1. The number of hydrogen-bond acceptors (Lipinski definition) is 4. The number of pyridine rings is 2. The fraction of sp³-hybridized carbons (Fsp3) is 0.125. The molecule has 2 amide bonds. The summed E-state index contributed by atoms with van der Waals surface area (Å²) in [7, 11) is 0. The predicted octanol–water partition coefficient (Wildman–Crippen LogP) is 2.29. The first-order valence-corrected chi connectivity index (χ1v) is 7.13. The van der Waals surface area contributed by atoms with Crippen LogP contribution >= 0.6 is 0 Å². The zero-order valence-electron chi connectivity index (χ0n) is 12.6. The van der Waals surface area contributed by atoms with Gasteiger partial charge < -0.3 is 5.32 Å². The summed E-state index contributed by atoms with van der Waals surface area (Å²) in [5.74, 6) is 2.13. The van der Waals surface area contributed by atoms with E-state index in [1.165, 1.54) is 0 Å². The highest BCUT2D eigenvalue weighted by Gasteiger charge is 2.05. The Morgan fingerprint density at radius 1 is 1.13 bits per heavy atom. The molecule has 7 nitrogen and oxygen atoms in total. The lowest BCUT2D eigenvalue weighted by Gasteiger charge is -2.09. The van der Waals surface area contributed by atoms with Gasteiger partial charge in [-0.15, -0.1) is 0 Å². The van der Waals surface area contributed by atoms with Gasteiger partial charge in [0.25, 0.3) is 0 Å². The average Bonchev–Trinajstić information content (AvgIpc) is 3.00. The van der Waals surface area contributed by atoms with E-state index in [2.05, 4.69) is 25.6 Å². The Bertz CT molecular complexity index is 799. The Balaban J connectivity index is 1.62. The number of aryl methyl sites for hydroxylation is 1. The van der Waals surface area contributed by atoms with Gasteiger partial charge in [-0.25, -0.2) is 19.7 Å². The number of hydrogen-bond donors (Lipinski definition) is 2. The van der Waals surface area contributed by atoms with Crippen molar-refractivity contribution in [2.24, 2.45) is 0 Å². The normalized spacial score (nSPS) is 10.3. The van der Waals surface area contributed by atoms with E-state index in [1.807, 2.05) is 35.9 Å². The van der Waals surface area contributed by atoms with Crippen molar-refractivity contribution in [3.63, 3.8) is 0 Å². The predicted molar refractivity (Wildman–Crippen MR) is 86.2 cm³/mol. The molecule has 0 unspecified atom stereocenters. The highest BCUT2D eigenvalue weighted by Crippen LogP contribution is 2.09. The number of rotatable bonds is 4. The van der Waals surface area contributed by atoms with Crippen LogP contribution in [0.3, 0.4) is 0 Å². The minimum atomic E-state index is -0.305. The van der Waals surface area contributed by atoms with Crippen LogP contribution < -0.4 is 10.6 Å². The molecule has 0 saturated carbocycles. The molecule has 0 aromatic carbocycles. The first kappa shape index (κ1) is 14.7. The van der Waals surface area contributed by atoms with Crippen LogP contribution in [0, 0.1) is 6.92 Å². The highest BCUT2D eigenvalue weighted by atomic mass is 16.2. The number of urea groups is 1. The van der Waals surface area contributed by atoms with Crippen LogP contribution in [0.2, 0.25) is 0 Å². The topological polar surface area (TPSA) is 84.7 Å². The molecule has 7 heteroatoms. The van der Waals surface area contributed by atoms with E-state index < -0.39 is 0 Å². The summed E-state index contributed by atoms with van der Waals surface area (Å²) in [5, 5.41) is 5.46. The molecule has 3 rings (SSSR count). The third kappa shape index (κ3) is 3.70. The van der Waals surface area contributed by atoms with Gasteiger partial charge in [-0.3, -0.25) is 9.88 Å². The minimum absolute atomic E-state index is 0.305. The maximum atomic E-state index is 11.9. The average molecular weight is 308 g/mol. The minimum Gasteiger partial charge on any atom is -0.334 e. The summed E-state index contributed by atoms with van der Waals surface area (Å²) in [6.45, 7) is 2.30. The molecule has 3 aromatic heterocycles. The lowest BCUT2D eigenvalue weighted by atomic mass is 10.2. The van der Waals surface area contributed by atoms with Gasteiger partial charge in [0.05, 0.1) is 0 Å². The number of nitrogens with one attached hydrogen (secondary N) is 2. The van der Waals surface area contributed by atoms with Crippen LogP contribution in [0.4, 0.5) is 10.6 Å². The molecule has 0 atom stereocenters. The van der Waals surface area contributed by atoms with E-state index >= 15 is 0 Å². The molecule has 3 heterocycles. The van der Waals surface area contributed by atoms with E-state index in [0.29, 0.717) is 12.4 Å². The van der Waals surface area contributed by atoms with Crippen molar-refractivity contribution in [3.8, 4) is 5.82 Å². The fourth-order valence-corrected chi connectivity index (χ4v) is 2.10. The Labute approximate surface area is 133 Å². The molecular weight excluding hydrogens is 292 g/mol. The number of amides is 2. The van der Waals surface area contributed by atoms with Crippen molar-refractivity contribution in [2.45, 2.75) is 13.5 Å². The van der Waals surface area contributed by atoms with Crippen molar-refractivity contribution in [3.05, 3.63) is 66.5 Å². The van der Waals surface area contributed by atoms with E-state index in [9.17, 15) is 4.79 Å². The van der Waals surface area contributed by atoms with Crippen molar-refractivity contribution < 1.29 is 4.79 Å². The number of nitrogens with zero attached hydrogens (tertiary/aromatic N) is 4. The Kier molecular flexibility index (Phi) is 4.28. The molecular formula is C16H16N6O. The zero-order valence-corrected chi connectivity index (χ0v) is 12.6. The number of aromatic nitrogens is 4. The Hall–Kier alpha value is -3.22. The second-order valence-corrected chi connectivity index (χ2v) is 4.89. The van der Waals surface area contributed by atoms with Crippen LogP contribution in [0.1, 0.15) is 11.4 Å². The number of imidazole rings is 1. The first-order valence-electron chi connectivity index (χ1n) is 7.13. The monoisotopic (exact) mass is 308 g/mol. The van der Waals surface area contributed by atoms with Gasteiger partial charge in [0.15, 0.2) is 0 Å². The maximum Gasteiger partial charge on any atom is 0.320 e. The number of carbonyl (C=O) groups is 1. The van der Waals surface area contributed by atoms with Gasteiger partial charge in [0.1, 0.15) is 17.5 Å². The maximum absolute atomic E-state index is 11.9. The smallest absolute Gasteiger partial charge is 0.320 e. The van der Waals surface area contributed by atoms with E-state index in [4.69, 9.17) is 0 Å². The Morgan fingerprint density at radius 3 is 2.78 bits per heavy atom. The molecule has 0 bridgehead atoms. The third-order valence-electron chi connectivity index (χ3n) is 3.24. The summed E-state index contributed by atoms with van der Waals surface area (Å²) in [6, 6.07) is 8.80. The van der Waals surface area contributed by atoms with Crippen molar-refractivity contribution >= 4 is 11.8 Å². The van der Waals surface area contributed by atoms with Crippen LogP contribution in [-0.2, 0) is 6.54 Å². The lowest BCUT2D eigenvalue weighted by molar-refractivity contribution is 0.251. The molecule has 0 fully saturated rings.